The molecule has 0 atom stereocenters. The van der Waals surface area contributed by atoms with Crippen LogP contribution in [0.25, 0.3) is 17.0 Å². The van der Waals surface area contributed by atoms with Gasteiger partial charge in [-0.1, -0.05) is 55.2 Å². The van der Waals surface area contributed by atoms with Gasteiger partial charge in [0.15, 0.2) is 0 Å². The molecule has 144 valence electrons. The van der Waals surface area contributed by atoms with Crippen LogP contribution < -0.4 is 40.0 Å². The molecular formula is C21H17Cl2N2NaO3. The van der Waals surface area contributed by atoms with Gasteiger partial charge in [-0.25, -0.2) is 0 Å². The molecule has 1 aromatic heterocycles. The number of hydrogen-bond donors (Lipinski definition) is 2. The predicted molar refractivity (Wildman–Crippen MR) is 111 cm³/mol. The molecule has 0 saturated heterocycles. The van der Waals surface area contributed by atoms with Gasteiger partial charge in [0.1, 0.15) is 0 Å². The van der Waals surface area contributed by atoms with Crippen molar-refractivity contribution >= 4 is 57.7 Å². The number of nitrogens with one attached hydrogen (secondary N) is 2. The molecular weight excluding hydrogens is 422 g/mol. The van der Waals surface area contributed by atoms with Gasteiger partial charge >= 0.3 is 29.6 Å². The van der Waals surface area contributed by atoms with Gasteiger partial charge in [-0.05, 0) is 35.8 Å². The van der Waals surface area contributed by atoms with E-state index in [1.807, 2.05) is 38.1 Å². The Labute approximate surface area is 200 Å². The Kier molecular flexibility index (Phi) is 7.97. The van der Waals surface area contributed by atoms with Crippen molar-refractivity contribution in [2.75, 3.05) is 5.32 Å². The minimum Gasteiger partial charge on any atom is -0.543 e. The van der Waals surface area contributed by atoms with Gasteiger partial charge in [-0.2, -0.15) is 0 Å². The Morgan fingerprint density at radius 2 is 1.86 bits per heavy atom. The van der Waals surface area contributed by atoms with Crippen LogP contribution in [0.2, 0.25) is 10.0 Å². The zero-order chi connectivity index (χ0) is 20.4. The fourth-order valence-corrected chi connectivity index (χ4v) is 3.64. The number of amides is 1. The van der Waals surface area contributed by atoms with Gasteiger partial charge in [0, 0.05) is 33.3 Å². The maximum absolute atomic E-state index is 12.4. The molecule has 0 aliphatic carbocycles. The first-order valence-corrected chi connectivity index (χ1v) is 9.33. The molecule has 0 unspecified atom stereocenters. The van der Waals surface area contributed by atoms with Crippen LogP contribution in [0.5, 0.6) is 0 Å². The number of aromatic nitrogens is 1. The minimum atomic E-state index is -1.41. The number of para-hydroxylation sites is 1. The topological polar surface area (TPSA) is 85.0 Å². The molecule has 0 radical (unpaired) electrons. The Morgan fingerprint density at radius 1 is 1.17 bits per heavy atom. The molecule has 5 nitrogen and oxygen atoms in total. The van der Waals surface area contributed by atoms with Crippen molar-refractivity contribution in [3.8, 4) is 0 Å². The number of carbonyl (C=O) groups is 2. The van der Waals surface area contributed by atoms with E-state index in [1.54, 1.807) is 6.07 Å². The van der Waals surface area contributed by atoms with Crippen molar-refractivity contribution in [1.29, 1.82) is 0 Å². The van der Waals surface area contributed by atoms with Crippen molar-refractivity contribution in [3.63, 3.8) is 0 Å². The van der Waals surface area contributed by atoms with Crippen molar-refractivity contribution < 1.29 is 44.3 Å². The third kappa shape index (κ3) is 5.24. The van der Waals surface area contributed by atoms with Crippen LogP contribution in [0, 0.1) is 0 Å². The molecule has 3 rings (SSSR count). The number of carbonyl (C=O) groups excluding carboxylic acids is 2. The zero-order valence-corrected chi connectivity index (χ0v) is 19.7. The Morgan fingerprint density at radius 3 is 2.52 bits per heavy atom. The van der Waals surface area contributed by atoms with E-state index in [2.05, 4.69) is 10.3 Å². The van der Waals surface area contributed by atoms with E-state index < -0.39 is 11.9 Å². The van der Waals surface area contributed by atoms with E-state index in [0.717, 1.165) is 5.56 Å². The summed E-state index contributed by atoms with van der Waals surface area (Å²) in [5, 5.41) is 15.4. The number of halogens is 2. The van der Waals surface area contributed by atoms with Gasteiger partial charge in [-0.3, -0.25) is 4.79 Å². The number of aromatic carboxylic acids is 1. The zero-order valence-electron chi connectivity index (χ0n) is 16.2. The molecule has 1 heterocycles. The molecule has 8 heteroatoms. The number of anilines is 1. The molecule has 0 spiro atoms. The molecule has 0 aliphatic heterocycles. The van der Waals surface area contributed by atoms with Gasteiger partial charge in [-0.15, -0.1) is 0 Å². The van der Waals surface area contributed by atoms with Gasteiger partial charge in [0.05, 0.1) is 16.7 Å². The molecule has 3 aromatic rings. The Bertz CT molecular complexity index is 1110. The normalized spacial score (nSPS) is 11.1. The van der Waals surface area contributed by atoms with Crippen LogP contribution in [0.1, 0.15) is 41.4 Å². The third-order valence-corrected chi connectivity index (χ3v) is 4.82. The van der Waals surface area contributed by atoms with Crippen LogP contribution in [-0.2, 0) is 4.79 Å². The van der Waals surface area contributed by atoms with E-state index in [1.165, 1.54) is 18.2 Å². The summed E-state index contributed by atoms with van der Waals surface area (Å²) in [5.41, 5.74) is 2.23. The molecule has 2 aromatic carbocycles. The fraction of sp³-hybridized carbons (Fsp3) is 0.143. The van der Waals surface area contributed by atoms with Crippen molar-refractivity contribution in [2.45, 2.75) is 19.8 Å². The van der Waals surface area contributed by atoms with E-state index in [9.17, 15) is 14.7 Å². The Balaban J connectivity index is 0.00000300. The first-order chi connectivity index (χ1) is 13.3. The van der Waals surface area contributed by atoms with E-state index >= 15 is 0 Å². The molecule has 2 N–H and O–H groups in total. The van der Waals surface area contributed by atoms with E-state index in [0.29, 0.717) is 21.6 Å². The summed E-state index contributed by atoms with van der Waals surface area (Å²) in [4.78, 5) is 26.6. The number of hydrogen-bond acceptors (Lipinski definition) is 3. The largest absolute Gasteiger partial charge is 1.00 e. The standard InChI is InChI=1S/C21H18Cl2N2O3.Na/c1-11(2)13-5-3-4-6-16(13)24-18(26)8-7-14-19-15(23)9-12(22)10-17(19)25-20(14)21(27)28;/h3-11,25H,1-2H3,(H,24,26)(H,27,28);/q;+1/p-1/b8-7+;. The van der Waals surface area contributed by atoms with E-state index in [-0.39, 0.29) is 51.8 Å². The minimum absolute atomic E-state index is 0. The second-order valence-electron chi connectivity index (χ2n) is 6.58. The van der Waals surface area contributed by atoms with Crippen LogP contribution in [-0.4, -0.2) is 16.9 Å². The van der Waals surface area contributed by atoms with Gasteiger partial charge < -0.3 is 20.2 Å². The van der Waals surface area contributed by atoms with Crippen LogP contribution in [0.15, 0.2) is 42.5 Å². The third-order valence-electron chi connectivity index (χ3n) is 4.30. The summed E-state index contributed by atoms with van der Waals surface area (Å²) in [5.74, 6) is -1.56. The number of rotatable bonds is 5. The number of carboxylic acids is 1. The van der Waals surface area contributed by atoms with Gasteiger partial charge in [0.2, 0.25) is 5.91 Å². The SMILES string of the molecule is CC(C)c1ccccc1NC(=O)/C=C/c1c(C(=O)[O-])[nH]c2cc(Cl)cc(Cl)c12.[Na+]. The predicted octanol–water partition coefficient (Wildman–Crippen LogP) is 1.62. The Hall–Kier alpha value is -1.76. The summed E-state index contributed by atoms with van der Waals surface area (Å²) in [7, 11) is 0. The number of H-pyrrole nitrogens is 1. The molecule has 1 amide bonds. The monoisotopic (exact) mass is 438 g/mol. The van der Waals surface area contributed by atoms with Gasteiger partial charge in [0.25, 0.3) is 0 Å². The molecule has 0 aliphatic rings. The smallest absolute Gasteiger partial charge is 0.543 e. The summed E-state index contributed by atoms with van der Waals surface area (Å²) in [6.07, 6.45) is 2.66. The van der Waals surface area contributed by atoms with Crippen LogP contribution in [0.4, 0.5) is 5.69 Å². The summed E-state index contributed by atoms with van der Waals surface area (Å²) >= 11 is 12.2. The fourth-order valence-electron chi connectivity index (χ4n) is 3.05. The number of carboxylic acid groups (broad SMARTS) is 1. The average Bonchev–Trinajstić information content (AvgIpc) is 2.99. The summed E-state index contributed by atoms with van der Waals surface area (Å²) < 4.78 is 0. The van der Waals surface area contributed by atoms with E-state index in [4.69, 9.17) is 23.2 Å². The quantitative estimate of drug-likeness (QED) is 0.468. The van der Waals surface area contributed by atoms with Crippen LogP contribution in [0.3, 0.4) is 0 Å². The van der Waals surface area contributed by atoms with Crippen molar-refractivity contribution in [3.05, 3.63) is 69.3 Å². The molecule has 0 bridgehead atoms. The van der Waals surface area contributed by atoms with Crippen molar-refractivity contribution in [2.24, 2.45) is 0 Å². The maximum atomic E-state index is 12.4. The molecule has 0 saturated carbocycles. The molecule has 29 heavy (non-hydrogen) atoms. The molecule has 0 fully saturated rings. The number of fused-ring (bicyclic) bond motifs is 1. The number of benzene rings is 2. The van der Waals surface area contributed by atoms with Crippen LogP contribution >= 0.6 is 23.2 Å². The average molecular weight is 439 g/mol. The number of aromatic amines is 1. The van der Waals surface area contributed by atoms with Crippen molar-refractivity contribution in [1.82, 2.24) is 4.98 Å². The second kappa shape index (κ2) is 9.83. The first kappa shape index (κ1) is 23.5. The summed E-state index contributed by atoms with van der Waals surface area (Å²) in [6.45, 7) is 4.07. The maximum Gasteiger partial charge on any atom is 1.00 e. The second-order valence-corrected chi connectivity index (χ2v) is 7.42. The first-order valence-electron chi connectivity index (χ1n) is 8.58. The summed E-state index contributed by atoms with van der Waals surface area (Å²) in [6, 6.07) is 10.6.